The topological polar surface area (TPSA) is 33.3 Å². The molecule has 0 saturated carbocycles. The Morgan fingerprint density at radius 3 is 2.70 bits per heavy atom. The van der Waals surface area contributed by atoms with Crippen molar-refractivity contribution in [2.45, 2.75) is 33.7 Å². The molecule has 4 heteroatoms. The summed E-state index contributed by atoms with van der Waals surface area (Å²) in [4.78, 5) is 0. The molecule has 122 valence electrons. The van der Waals surface area contributed by atoms with Gasteiger partial charge in [0.2, 0.25) is 0 Å². The molecule has 0 unspecified atom stereocenters. The largest absolute Gasteiger partial charge is 0.494 e. The normalized spacial score (nSPS) is 11.7. The minimum atomic E-state index is 0.143. The van der Waals surface area contributed by atoms with Gasteiger partial charge in [-0.3, -0.25) is 0 Å². The van der Waals surface area contributed by atoms with Gasteiger partial charge in [0.15, 0.2) is 5.11 Å². The first-order valence-electron chi connectivity index (χ1n) is 7.87. The second-order valence-electron chi connectivity index (χ2n) is 5.64. The molecule has 23 heavy (non-hydrogen) atoms. The van der Waals surface area contributed by atoms with Gasteiger partial charge in [0.1, 0.15) is 5.75 Å². The molecule has 0 saturated heterocycles. The highest BCUT2D eigenvalue weighted by molar-refractivity contribution is 7.80. The molecule has 0 aliphatic rings. The number of anilines is 1. The molecule has 0 heterocycles. The van der Waals surface area contributed by atoms with Gasteiger partial charge in [-0.05, 0) is 63.2 Å². The fourth-order valence-electron chi connectivity index (χ4n) is 2.50. The van der Waals surface area contributed by atoms with E-state index < -0.39 is 0 Å². The Labute approximate surface area is 144 Å². The lowest BCUT2D eigenvalue weighted by atomic mass is 10.0. The van der Waals surface area contributed by atoms with Crippen LogP contribution in [0.5, 0.6) is 5.75 Å². The van der Waals surface area contributed by atoms with Crippen LogP contribution in [0.15, 0.2) is 42.5 Å². The van der Waals surface area contributed by atoms with Gasteiger partial charge in [0.05, 0.1) is 12.6 Å². The molecule has 0 aromatic heterocycles. The molecule has 0 radical (unpaired) electrons. The van der Waals surface area contributed by atoms with E-state index in [2.05, 4.69) is 49.6 Å². The number of thiocarbonyl (C=S) groups is 1. The summed E-state index contributed by atoms with van der Waals surface area (Å²) < 4.78 is 5.50. The molecule has 2 aromatic carbocycles. The van der Waals surface area contributed by atoms with Crippen molar-refractivity contribution in [3.63, 3.8) is 0 Å². The zero-order valence-electron chi connectivity index (χ0n) is 14.1. The van der Waals surface area contributed by atoms with Gasteiger partial charge in [-0.25, -0.2) is 0 Å². The zero-order valence-corrected chi connectivity index (χ0v) is 15.0. The minimum absolute atomic E-state index is 0.143. The Morgan fingerprint density at radius 1 is 1.17 bits per heavy atom. The number of hydrogen-bond acceptors (Lipinski definition) is 2. The average Bonchev–Trinajstić information content (AvgIpc) is 2.50. The van der Waals surface area contributed by atoms with Crippen LogP contribution in [0.2, 0.25) is 0 Å². The number of nitrogens with one attached hydrogen (secondary N) is 2. The first-order valence-corrected chi connectivity index (χ1v) is 8.28. The second-order valence-corrected chi connectivity index (χ2v) is 6.05. The van der Waals surface area contributed by atoms with Crippen LogP contribution in [0.3, 0.4) is 0 Å². The minimum Gasteiger partial charge on any atom is -0.494 e. The van der Waals surface area contributed by atoms with E-state index in [0.717, 1.165) is 11.4 Å². The summed E-state index contributed by atoms with van der Waals surface area (Å²) in [7, 11) is 0. The third kappa shape index (κ3) is 4.96. The molecule has 0 aliphatic carbocycles. The molecule has 3 nitrogen and oxygen atoms in total. The van der Waals surface area contributed by atoms with Gasteiger partial charge in [-0.2, -0.15) is 0 Å². The second kappa shape index (κ2) is 7.97. The van der Waals surface area contributed by atoms with Crippen LogP contribution in [0.4, 0.5) is 5.69 Å². The van der Waals surface area contributed by atoms with E-state index in [1.165, 1.54) is 16.7 Å². The maximum absolute atomic E-state index is 5.50. The van der Waals surface area contributed by atoms with Crippen LogP contribution in [-0.2, 0) is 0 Å². The summed E-state index contributed by atoms with van der Waals surface area (Å²) in [6, 6.07) is 14.4. The quantitative estimate of drug-likeness (QED) is 0.776. The predicted octanol–water partition coefficient (Wildman–Crippen LogP) is 4.75. The van der Waals surface area contributed by atoms with Crippen molar-refractivity contribution in [2.24, 2.45) is 0 Å². The molecule has 2 rings (SSSR count). The van der Waals surface area contributed by atoms with Crippen molar-refractivity contribution in [2.75, 3.05) is 11.9 Å². The van der Waals surface area contributed by atoms with Crippen molar-refractivity contribution in [1.82, 2.24) is 5.32 Å². The Balaban J connectivity index is 2.01. The van der Waals surface area contributed by atoms with Gasteiger partial charge in [0.25, 0.3) is 0 Å². The molecule has 2 N–H and O–H groups in total. The third-order valence-corrected chi connectivity index (χ3v) is 3.87. The Bertz CT molecular complexity index is 685. The van der Waals surface area contributed by atoms with Crippen LogP contribution in [0, 0.1) is 13.8 Å². The maximum Gasteiger partial charge on any atom is 0.171 e. The van der Waals surface area contributed by atoms with Gasteiger partial charge in [-0.1, -0.05) is 29.8 Å². The summed E-state index contributed by atoms with van der Waals surface area (Å²) in [5.74, 6) is 0.836. The molecule has 2 aromatic rings. The standard InChI is InChI=1S/C19H24N2OS/c1-5-22-17-8-6-7-16(12-17)21-19(23)20-15(4)18-11-13(2)9-10-14(18)3/h6-12,15H,5H2,1-4H3,(H2,20,21,23)/t15-/m1/s1. The van der Waals surface area contributed by atoms with Crippen LogP contribution < -0.4 is 15.4 Å². The molecule has 0 amide bonds. The van der Waals surface area contributed by atoms with Crippen LogP contribution >= 0.6 is 12.2 Å². The Hall–Kier alpha value is -2.07. The first-order chi connectivity index (χ1) is 11.0. The fourth-order valence-corrected chi connectivity index (χ4v) is 2.79. The Kier molecular flexibility index (Phi) is 5.99. The predicted molar refractivity (Wildman–Crippen MR) is 101 cm³/mol. The van der Waals surface area contributed by atoms with Crippen molar-refractivity contribution in [3.8, 4) is 5.75 Å². The lowest BCUT2D eigenvalue weighted by Crippen LogP contribution is -2.31. The first kappa shape index (κ1) is 17.3. The maximum atomic E-state index is 5.50. The number of benzene rings is 2. The fraction of sp³-hybridized carbons (Fsp3) is 0.316. The number of ether oxygens (including phenoxy) is 1. The molecule has 1 atom stereocenters. The number of rotatable bonds is 5. The van der Waals surface area contributed by atoms with E-state index in [4.69, 9.17) is 17.0 Å². The van der Waals surface area contributed by atoms with E-state index >= 15 is 0 Å². The molecular weight excluding hydrogens is 304 g/mol. The number of aryl methyl sites for hydroxylation is 2. The highest BCUT2D eigenvalue weighted by Crippen LogP contribution is 2.20. The van der Waals surface area contributed by atoms with E-state index in [-0.39, 0.29) is 6.04 Å². The average molecular weight is 328 g/mol. The van der Waals surface area contributed by atoms with E-state index in [9.17, 15) is 0 Å². The summed E-state index contributed by atoms with van der Waals surface area (Å²) in [6.45, 7) is 8.96. The van der Waals surface area contributed by atoms with Crippen LogP contribution in [0.1, 0.15) is 36.6 Å². The Morgan fingerprint density at radius 2 is 1.96 bits per heavy atom. The SMILES string of the molecule is CCOc1cccc(NC(=S)N[C@H](C)c2cc(C)ccc2C)c1. The van der Waals surface area contributed by atoms with Gasteiger partial charge >= 0.3 is 0 Å². The molecular formula is C19H24N2OS. The highest BCUT2D eigenvalue weighted by atomic mass is 32.1. The third-order valence-electron chi connectivity index (χ3n) is 3.65. The summed E-state index contributed by atoms with van der Waals surface area (Å²) >= 11 is 5.43. The van der Waals surface area contributed by atoms with Crippen molar-refractivity contribution >= 4 is 23.0 Å². The van der Waals surface area contributed by atoms with E-state index in [0.29, 0.717) is 11.7 Å². The van der Waals surface area contributed by atoms with Crippen molar-refractivity contribution in [1.29, 1.82) is 0 Å². The monoisotopic (exact) mass is 328 g/mol. The van der Waals surface area contributed by atoms with Crippen LogP contribution in [0.25, 0.3) is 0 Å². The van der Waals surface area contributed by atoms with Gasteiger partial charge in [-0.15, -0.1) is 0 Å². The van der Waals surface area contributed by atoms with Crippen molar-refractivity contribution < 1.29 is 4.74 Å². The molecule has 0 fully saturated rings. The summed E-state index contributed by atoms with van der Waals surface area (Å²) in [5, 5.41) is 7.16. The van der Waals surface area contributed by atoms with Gasteiger partial charge in [0, 0.05) is 11.8 Å². The summed E-state index contributed by atoms with van der Waals surface area (Å²) in [5.41, 5.74) is 4.69. The van der Waals surface area contributed by atoms with Crippen LogP contribution in [-0.4, -0.2) is 11.7 Å². The van der Waals surface area contributed by atoms with Gasteiger partial charge < -0.3 is 15.4 Å². The molecule has 0 spiro atoms. The highest BCUT2D eigenvalue weighted by Gasteiger charge is 2.10. The zero-order chi connectivity index (χ0) is 16.8. The smallest absolute Gasteiger partial charge is 0.171 e. The number of hydrogen-bond donors (Lipinski definition) is 2. The summed E-state index contributed by atoms with van der Waals surface area (Å²) in [6.07, 6.45) is 0. The molecule has 0 bridgehead atoms. The van der Waals surface area contributed by atoms with E-state index in [1.807, 2.05) is 31.2 Å². The van der Waals surface area contributed by atoms with E-state index in [1.54, 1.807) is 0 Å². The lowest BCUT2D eigenvalue weighted by molar-refractivity contribution is 0.340. The lowest BCUT2D eigenvalue weighted by Gasteiger charge is -2.20. The molecule has 0 aliphatic heterocycles. The van der Waals surface area contributed by atoms with Crippen molar-refractivity contribution in [3.05, 3.63) is 59.2 Å².